The first-order valence-electron chi connectivity index (χ1n) is 6.28. The number of benzene rings is 1. The Morgan fingerprint density at radius 1 is 1.17 bits per heavy atom. The molecule has 1 aromatic carbocycles. The summed E-state index contributed by atoms with van der Waals surface area (Å²) in [5, 5.41) is 10.5. The summed E-state index contributed by atoms with van der Waals surface area (Å²) in [5.41, 5.74) is 1.24. The van der Waals surface area contributed by atoms with E-state index in [1.807, 2.05) is 0 Å². The van der Waals surface area contributed by atoms with Gasteiger partial charge in [-0.05, 0) is 25.1 Å². The van der Waals surface area contributed by atoms with Crippen molar-refractivity contribution in [1.82, 2.24) is 4.90 Å². The molecular formula is C14H20N2O2. The van der Waals surface area contributed by atoms with E-state index in [1.54, 1.807) is 24.3 Å². The number of nitro benzene ring substituents is 1. The standard InChI is InChI=1S/C14H20N2O2/c1-3-15(4-2)12-6-5-7-13-8-10-14(11-9-13)16(17)18/h5-6,8-11H,3-4,7,12H2,1-2H3/b6-5-. The molecule has 0 heterocycles. The Bertz CT molecular complexity index is 395. The molecule has 98 valence electrons. The van der Waals surface area contributed by atoms with E-state index in [4.69, 9.17) is 0 Å². The van der Waals surface area contributed by atoms with Crippen molar-refractivity contribution >= 4 is 5.69 Å². The first kappa shape index (κ1) is 14.4. The number of non-ortho nitro benzene ring substituents is 1. The molecule has 0 aromatic heterocycles. The molecule has 0 unspecified atom stereocenters. The molecule has 0 fully saturated rings. The van der Waals surface area contributed by atoms with Gasteiger partial charge in [0.05, 0.1) is 4.92 Å². The zero-order valence-corrected chi connectivity index (χ0v) is 11.0. The molecule has 0 N–H and O–H groups in total. The second kappa shape index (κ2) is 7.61. The van der Waals surface area contributed by atoms with Gasteiger partial charge in [0.25, 0.3) is 5.69 Å². The molecule has 0 saturated heterocycles. The number of hydrogen-bond donors (Lipinski definition) is 0. The minimum Gasteiger partial charge on any atom is -0.300 e. The van der Waals surface area contributed by atoms with Crippen molar-refractivity contribution in [3.05, 3.63) is 52.1 Å². The summed E-state index contributed by atoms with van der Waals surface area (Å²) >= 11 is 0. The van der Waals surface area contributed by atoms with Crippen molar-refractivity contribution in [3.8, 4) is 0 Å². The SMILES string of the molecule is CCN(CC)C/C=C\Cc1ccc([N+](=O)[O-])cc1. The molecule has 1 aromatic rings. The van der Waals surface area contributed by atoms with E-state index in [1.165, 1.54) is 0 Å². The minimum atomic E-state index is -0.375. The number of nitro groups is 1. The van der Waals surface area contributed by atoms with E-state index in [0.717, 1.165) is 31.6 Å². The zero-order chi connectivity index (χ0) is 13.4. The predicted octanol–water partition coefficient (Wildman–Crippen LogP) is 3.04. The van der Waals surface area contributed by atoms with Crippen molar-refractivity contribution in [2.75, 3.05) is 19.6 Å². The second-order valence-electron chi connectivity index (χ2n) is 4.08. The summed E-state index contributed by atoms with van der Waals surface area (Å²) in [4.78, 5) is 12.5. The summed E-state index contributed by atoms with van der Waals surface area (Å²) in [6.45, 7) is 7.36. The van der Waals surface area contributed by atoms with E-state index in [9.17, 15) is 10.1 Å². The molecule has 4 nitrogen and oxygen atoms in total. The molecule has 0 amide bonds. The van der Waals surface area contributed by atoms with Crippen LogP contribution >= 0.6 is 0 Å². The van der Waals surface area contributed by atoms with E-state index >= 15 is 0 Å². The normalized spacial score (nSPS) is 11.3. The molecular weight excluding hydrogens is 228 g/mol. The van der Waals surface area contributed by atoms with E-state index in [0.29, 0.717) is 0 Å². The Balaban J connectivity index is 2.43. The van der Waals surface area contributed by atoms with Crippen molar-refractivity contribution in [1.29, 1.82) is 0 Å². The van der Waals surface area contributed by atoms with Gasteiger partial charge in [-0.3, -0.25) is 10.1 Å². The first-order chi connectivity index (χ1) is 8.67. The molecule has 0 saturated carbocycles. The summed E-state index contributed by atoms with van der Waals surface area (Å²) < 4.78 is 0. The molecule has 0 radical (unpaired) electrons. The van der Waals surface area contributed by atoms with Gasteiger partial charge < -0.3 is 4.90 Å². The Labute approximate surface area is 108 Å². The highest BCUT2D eigenvalue weighted by Crippen LogP contribution is 2.12. The summed E-state index contributed by atoms with van der Waals surface area (Å²) in [6, 6.07) is 6.71. The van der Waals surface area contributed by atoms with Crippen molar-refractivity contribution < 1.29 is 4.92 Å². The molecule has 4 heteroatoms. The van der Waals surface area contributed by atoms with Crippen LogP contribution in [0.5, 0.6) is 0 Å². The van der Waals surface area contributed by atoms with Crippen LogP contribution in [0, 0.1) is 10.1 Å². The van der Waals surface area contributed by atoms with Crippen molar-refractivity contribution in [3.63, 3.8) is 0 Å². The third kappa shape index (κ3) is 4.67. The minimum absolute atomic E-state index is 0.144. The molecule has 1 rings (SSSR count). The van der Waals surface area contributed by atoms with Gasteiger partial charge >= 0.3 is 0 Å². The van der Waals surface area contributed by atoms with Crippen LogP contribution < -0.4 is 0 Å². The largest absolute Gasteiger partial charge is 0.300 e. The number of nitrogens with zero attached hydrogens (tertiary/aromatic N) is 2. The van der Waals surface area contributed by atoms with Crippen LogP contribution in [0.25, 0.3) is 0 Å². The van der Waals surface area contributed by atoms with Gasteiger partial charge in [0.15, 0.2) is 0 Å². The monoisotopic (exact) mass is 248 g/mol. The smallest absolute Gasteiger partial charge is 0.269 e. The lowest BCUT2D eigenvalue weighted by Gasteiger charge is -2.14. The Hall–Kier alpha value is -1.68. The number of rotatable bonds is 7. The van der Waals surface area contributed by atoms with Gasteiger partial charge in [0.2, 0.25) is 0 Å². The van der Waals surface area contributed by atoms with Gasteiger partial charge in [0, 0.05) is 18.7 Å². The van der Waals surface area contributed by atoms with Crippen LogP contribution in [-0.4, -0.2) is 29.5 Å². The highest BCUT2D eigenvalue weighted by molar-refractivity contribution is 5.33. The van der Waals surface area contributed by atoms with Crippen LogP contribution in [0.3, 0.4) is 0 Å². The summed E-state index contributed by atoms with van der Waals surface area (Å²) in [6.07, 6.45) is 5.08. The molecule has 0 spiro atoms. The third-order valence-corrected chi connectivity index (χ3v) is 2.93. The molecule has 18 heavy (non-hydrogen) atoms. The molecule has 0 aliphatic carbocycles. The number of likely N-dealkylation sites (N-methyl/N-ethyl adjacent to an activating group) is 1. The van der Waals surface area contributed by atoms with E-state index in [-0.39, 0.29) is 10.6 Å². The average molecular weight is 248 g/mol. The Morgan fingerprint density at radius 3 is 2.28 bits per heavy atom. The predicted molar refractivity (Wildman–Crippen MR) is 73.7 cm³/mol. The first-order valence-corrected chi connectivity index (χ1v) is 6.28. The van der Waals surface area contributed by atoms with Gasteiger partial charge in [-0.15, -0.1) is 0 Å². The maximum absolute atomic E-state index is 10.5. The molecule has 0 aliphatic heterocycles. The lowest BCUT2D eigenvalue weighted by Crippen LogP contribution is -2.22. The van der Waals surface area contributed by atoms with Crippen molar-refractivity contribution in [2.45, 2.75) is 20.3 Å². The lowest BCUT2D eigenvalue weighted by molar-refractivity contribution is -0.384. The van der Waals surface area contributed by atoms with Crippen LogP contribution in [0.15, 0.2) is 36.4 Å². The fourth-order valence-electron chi connectivity index (χ4n) is 1.68. The second-order valence-corrected chi connectivity index (χ2v) is 4.08. The fourth-order valence-corrected chi connectivity index (χ4v) is 1.68. The van der Waals surface area contributed by atoms with Gasteiger partial charge in [-0.2, -0.15) is 0 Å². The van der Waals surface area contributed by atoms with Crippen LogP contribution in [-0.2, 0) is 6.42 Å². The van der Waals surface area contributed by atoms with Crippen molar-refractivity contribution in [2.24, 2.45) is 0 Å². The zero-order valence-electron chi connectivity index (χ0n) is 11.0. The fraction of sp³-hybridized carbons (Fsp3) is 0.429. The number of allylic oxidation sites excluding steroid dienone is 1. The average Bonchev–Trinajstić information content (AvgIpc) is 2.39. The maximum atomic E-state index is 10.5. The maximum Gasteiger partial charge on any atom is 0.269 e. The molecule has 0 bridgehead atoms. The van der Waals surface area contributed by atoms with E-state index in [2.05, 4.69) is 30.9 Å². The van der Waals surface area contributed by atoms with Crippen LogP contribution in [0.1, 0.15) is 19.4 Å². The highest BCUT2D eigenvalue weighted by Gasteiger charge is 2.02. The van der Waals surface area contributed by atoms with Gasteiger partial charge in [-0.25, -0.2) is 0 Å². The van der Waals surface area contributed by atoms with Crippen LogP contribution in [0.4, 0.5) is 5.69 Å². The molecule has 0 aliphatic rings. The quantitative estimate of drug-likeness (QED) is 0.423. The van der Waals surface area contributed by atoms with Gasteiger partial charge in [-0.1, -0.05) is 38.1 Å². The lowest BCUT2D eigenvalue weighted by atomic mass is 10.1. The number of hydrogen-bond acceptors (Lipinski definition) is 3. The topological polar surface area (TPSA) is 46.4 Å². The van der Waals surface area contributed by atoms with E-state index < -0.39 is 0 Å². The van der Waals surface area contributed by atoms with Crippen LogP contribution in [0.2, 0.25) is 0 Å². The summed E-state index contributed by atoms with van der Waals surface area (Å²) in [5.74, 6) is 0. The highest BCUT2D eigenvalue weighted by atomic mass is 16.6. The third-order valence-electron chi connectivity index (χ3n) is 2.93. The molecule has 0 atom stereocenters. The Kier molecular flexibility index (Phi) is 6.08. The summed E-state index contributed by atoms with van der Waals surface area (Å²) in [7, 11) is 0. The Morgan fingerprint density at radius 2 is 1.78 bits per heavy atom. The van der Waals surface area contributed by atoms with Gasteiger partial charge in [0.1, 0.15) is 0 Å².